The highest BCUT2D eigenvalue weighted by Gasteiger charge is 2.13. The van der Waals surface area contributed by atoms with E-state index in [1.165, 1.54) is 36.5 Å². The molecule has 8 heteroatoms. The minimum Gasteiger partial charge on any atom is -0.462 e. The number of rotatable bonds is 5. The highest BCUT2D eigenvalue weighted by molar-refractivity contribution is 9.10. The predicted octanol–water partition coefficient (Wildman–Crippen LogP) is 4.42. The van der Waals surface area contributed by atoms with Crippen molar-refractivity contribution in [3.8, 4) is 0 Å². The van der Waals surface area contributed by atoms with Crippen LogP contribution in [0, 0.1) is 15.9 Å². The van der Waals surface area contributed by atoms with Crippen molar-refractivity contribution in [1.29, 1.82) is 0 Å². The maximum Gasteiger partial charge on any atom is 0.338 e. The molecule has 24 heavy (non-hydrogen) atoms. The van der Waals surface area contributed by atoms with Gasteiger partial charge in [0.25, 0.3) is 5.69 Å². The third-order valence-electron chi connectivity index (χ3n) is 2.99. The van der Waals surface area contributed by atoms with Gasteiger partial charge in [-0.2, -0.15) is 0 Å². The Labute approximate surface area is 145 Å². The summed E-state index contributed by atoms with van der Waals surface area (Å²) in [5.41, 5.74) is 0.104. The maximum atomic E-state index is 14.0. The molecule has 0 saturated heterocycles. The Bertz CT molecular complexity index is 824. The molecular formula is C16H12BrFN2O4. The Hall–Kier alpha value is -2.61. The molecule has 0 N–H and O–H groups in total. The van der Waals surface area contributed by atoms with Crippen LogP contribution in [0.4, 0.5) is 15.8 Å². The van der Waals surface area contributed by atoms with Crippen molar-refractivity contribution >= 4 is 39.5 Å². The summed E-state index contributed by atoms with van der Waals surface area (Å²) >= 11 is 3.22. The minimum absolute atomic E-state index is 0.0441. The van der Waals surface area contributed by atoms with E-state index in [4.69, 9.17) is 4.74 Å². The van der Waals surface area contributed by atoms with Gasteiger partial charge in [0.05, 0.1) is 28.3 Å². The minimum atomic E-state index is -0.727. The molecule has 0 saturated carbocycles. The zero-order valence-electron chi connectivity index (χ0n) is 12.5. The summed E-state index contributed by atoms with van der Waals surface area (Å²) in [5, 5.41) is 11.0. The van der Waals surface area contributed by atoms with Gasteiger partial charge in [-0.1, -0.05) is 15.9 Å². The lowest BCUT2D eigenvalue weighted by molar-refractivity contribution is -0.385. The van der Waals surface area contributed by atoms with Gasteiger partial charge in [0, 0.05) is 16.8 Å². The summed E-state index contributed by atoms with van der Waals surface area (Å²) < 4.78 is 19.4. The number of hydrogen-bond acceptors (Lipinski definition) is 5. The van der Waals surface area contributed by atoms with Crippen LogP contribution in [0.3, 0.4) is 0 Å². The number of esters is 1. The highest BCUT2D eigenvalue weighted by atomic mass is 79.9. The van der Waals surface area contributed by atoms with E-state index in [-0.39, 0.29) is 29.1 Å². The van der Waals surface area contributed by atoms with Crippen LogP contribution in [0.1, 0.15) is 22.8 Å². The topological polar surface area (TPSA) is 81.8 Å². The summed E-state index contributed by atoms with van der Waals surface area (Å²) in [6.45, 7) is 1.84. The highest BCUT2D eigenvalue weighted by Crippen LogP contribution is 2.24. The molecule has 6 nitrogen and oxygen atoms in total. The van der Waals surface area contributed by atoms with E-state index in [1.807, 2.05) is 0 Å². The Balaban J connectivity index is 2.32. The molecule has 2 aromatic carbocycles. The number of benzene rings is 2. The van der Waals surface area contributed by atoms with Crippen LogP contribution in [0.15, 0.2) is 45.9 Å². The van der Waals surface area contributed by atoms with Crippen LogP contribution in [0.2, 0.25) is 0 Å². The molecule has 2 rings (SSSR count). The molecule has 0 unspecified atom stereocenters. The quantitative estimate of drug-likeness (QED) is 0.325. The second-order valence-corrected chi connectivity index (χ2v) is 5.52. The van der Waals surface area contributed by atoms with Crippen LogP contribution < -0.4 is 0 Å². The Kier molecular flexibility index (Phi) is 5.75. The van der Waals surface area contributed by atoms with E-state index >= 15 is 0 Å². The predicted molar refractivity (Wildman–Crippen MR) is 90.4 cm³/mol. The van der Waals surface area contributed by atoms with Crippen LogP contribution >= 0.6 is 15.9 Å². The third kappa shape index (κ3) is 4.23. The van der Waals surface area contributed by atoms with E-state index in [1.54, 1.807) is 6.92 Å². The lowest BCUT2D eigenvalue weighted by Gasteiger charge is -2.03. The molecule has 124 valence electrons. The molecule has 2 aromatic rings. The second kappa shape index (κ2) is 7.78. The number of halogens is 2. The Morgan fingerprint density at radius 3 is 2.75 bits per heavy atom. The van der Waals surface area contributed by atoms with Gasteiger partial charge in [-0.3, -0.25) is 15.1 Å². The number of carbonyl (C=O) groups is 1. The molecule has 0 fully saturated rings. The number of aliphatic imine (C=N–C) groups is 1. The van der Waals surface area contributed by atoms with Gasteiger partial charge in [0.1, 0.15) is 5.82 Å². The van der Waals surface area contributed by atoms with Crippen molar-refractivity contribution in [2.24, 2.45) is 4.99 Å². The van der Waals surface area contributed by atoms with Crippen molar-refractivity contribution in [3.05, 3.63) is 67.9 Å². The summed E-state index contributed by atoms with van der Waals surface area (Å²) in [6.07, 6.45) is 1.20. The fourth-order valence-electron chi connectivity index (χ4n) is 1.89. The standard InChI is InChI=1S/C16H12BrFN2O4/c1-2-24-16(21)10-3-5-14(13(18)8-10)19-9-11-7-12(17)4-6-15(11)20(22)23/h3-9H,2H2,1H3/b19-9+. The van der Waals surface area contributed by atoms with Gasteiger partial charge in [-0.15, -0.1) is 0 Å². The van der Waals surface area contributed by atoms with E-state index in [0.29, 0.717) is 4.47 Å². The number of nitro groups is 1. The average Bonchev–Trinajstić information content (AvgIpc) is 2.53. The SMILES string of the molecule is CCOC(=O)c1ccc(/N=C/c2cc(Br)ccc2[N+](=O)[O-])c(F)c1. The van der Waals surface area contributed by atoms with Gasteiger partial charge in [0.2, 0.25) is 0 Å². The van der Waals surface area contributed by atoms with E-state index in [9.17, 15) is 19.3 Å². The first-order valence-corrected chi connectivity index (χ1v) is 7.66. The van der Waals surface area contributed by atoms with Crippen molar-refractivity contribution in [2.45, 2.75) is 6.92 Å². The molecule has 0 atom stereocenters. The number of nitro benzene ring substituents is 1. The number of hydrogen-bond donors (Lipinski definition) is 0. The lowest BCUT2D eigenvalue weighted by atomic mass is 10.2. The zero-order chi connectivity index (χ0) is 17.7. The first-order valence-electron chi connectivity index (χ1n) is 6.87. The normalized spacial score (nSPS) is 10.8. The van der Waals surface area contributed by atoms with Crippen LogP contribution in [0.5, 0.6) is 0 Å². The van der Waals surface area contributed by atoms with Gasteiger partial charge >= 0.3 is 5.97 Å². The molecule has 0 aliphatic carbocycles. The molecule has 0 aliphatic rings. The lowest BCUT2D eigenvalue weighted by Crippen LogP contribution is -2.04. The summed E-state index contributed by atoms with van der Waals surface area (Å²) in [5.74, 6) is -1.36. The molecule has 0 heterocycles. The molecule has 0 aliphatic heterocycles. The number of carbonyl (C=O) groups excluding carboxylic acids is 1. The van der Waals surface area contributed by atoms with Crippen LogP contribution in [0.25, 0.3) is 0 Å². The molecule has 0 spiro atoms. The fraction of sp³-hybridized carbons (Fsp3) is 0.125. The molecule has 0 radical (unpaired) electrons. The van der Waals surface area contributed by atoms with E-state index < -0.39 is 16.7 Å². The fourth-order valence-corrected chi connectivity index (χ4v) is 2.27. The van der Waals surface area contributed by atoms with Gasteiger partial charge < -0.3 is 4.74 Å². The average molecular weight is 395 g/mol. The summed E-state index contributed by atoms with van der Waals surface area (Å²) in [4.78, 5) is 25.9. The van der Waals surface area contributed by atoms with Gasteiger partial charge in [0.15, 0.2) is 0 Å². The molecular weight excluding hydrogens is 383 g/mol. The van der Waals surface area contributed by atoms with E-state index in [2.05, 4.69) is 20.9 Å². The first kappa shape index (κ1) is 17.7. The van der Waals surface area contributed by atoms with Crippen LogP contribution in [-0.2, 0) is 4.74 Å². The van der Waals surface area contributed by atoms with Crippen LogP contribution in [-0.4, -0.2) is 23.7 Å². The van der Waals surface area contributed by atoms with Crippen molar-refractivity contribution in [3.63, 3.8) is 0 Å². The zero-order valence-corrected chi connectivity index (χ0v) is 14.1. The molecule has 0 aromatic heterocycles. The first-order chi connectivity index (χ1) is 11.4. The number of nitrogens with zero attached hydrogens (tertiary/aromatic N) is 2. The van der Waals surface area contributed by atoms with Gasteiger partial charge in [-0.05, 0) is 37.3 Å². The van der Waals surface area contributed by atoms with Crippen molar-refractivity contribution < 1.29 is 18.8 Å². The molecule has 0 bridgehead atoms. The smallest absolute Gasteiger partial charge is 0.338 e. The third-order valence-corrected chi connectivity index (χ3v) is 3.48. The van der Waals surface area contributed by atoms with Crippen molar-refractivity contribution in [2.75, 3.05) is 6.61 Å². The van der Waals surface area contributed by atoms with E-state index in [0.717, 1.165) is 6.07 Å². The Morgan fingerprint density at radius 2 is 2.12 bits per heavy atom. The second-order valence-electron chi connectivity index (χ2n) is 4.61. The summed E-state index contributed by atoms with van der Waals surface area (Å²) in [7, 11) is 0. The molecule has 0 amide bonds. The largest absolute Gasteiger partial charge is 0.462 e. The van der Waals surface area contributed by atoms with Crippen molar-refractivity contribution in [1.82, 2.24) is 0 Å². The monoisotopic (exact) mass is 394 g/mol. The Morgan fingerprint density at radius 1 is 1.38 bits per heavy atom. The number of ether oxygens (including phenoxy) is 1. The summed E-state index contributed by atoms with van der Waals surface area (Å²) in [6, 6.07) is 8.06. The van der Waals surface area contributed by atoms with Gasteiger partial charge in [-0.25, -0.2) is 9.18 Å². The maximum absolute atomic E-state index is 14.0.